The summed E-state index contributed by atoms with van der Waals surface area (Å²) < 4.78 is 0. The zero-order valence-corrected chi connectivity index (χ0v) is 16.5. The smallest absolute Gasteiger partial charge is 0.313 e. The van der Waals surface area contributed by atoms with Crippen LogP contribution in [0, 0.1) is 0 Å². The summed E-state index contributed by atoms with van der Waals surface area (Å²) in [4.78, 5) is 29.1. The fourth-order valence-electron chi connectivity index (χ4n) is 3.86. The predicted octanol–water partition coefficient (Wildman–Crippen LogP) is 4.37. The number of hydrogen-bond acceptors (Lipinski definition) is 3. The molecule has 1 saturated heterocycles. The lowest BCUT2D eigenvalue weighted by molar-refractivity contribution is -0.0968. The Balaban J connectivity index is 1.98. The highest BCUT2D eigenvalue weighted by molar-refractivity contribution is 5.98. The Kier molecular flexibility index (Phi) is 5.29. The SMILES string of the molecule is CC(C)N1C(=O)N(c2ccccc2)[C@@H](N(O)C(=O)Nc2ccccc2)C1(C)C. The van der Waals surface area contributed by atoms with E-state index < -0.39 is 17.7 Å². The van der Waals surface area contributed by atoms with Crippen LogP contribution in [0.4, 0.5) is 21.0 Å². The second-order valence-electron chi connectivity index (χ2n) is 7.62. The topological polar surface area (TPSA) is 76.1 Å². The normalized spacial score (nSPS) is 18.5. The first kappa shape index (κ1) is 19.7. The molecule has 3 rings (SSSR count). The number of amides is 4. The van der Waals surface area contributed by atoms with Gasteiger partial charge in [-0.15, -0.1) is 0 Å². The number of nitrogens with one attached hydrogen (secondary N) is 1. The molecule has 7 heteroatoms. The molecule has 0 saturated carbocycles. The number of anilines is 2. The molecule has 2 N–H and O–H groups in total. The lowest BCUT2D eigenvalue weighted by Gasteiger charge is -2.39. The van der Waals surface area contributed by atoms with Crippen molar-refractivity contribution in [2.45, 2.75) is 45.4 Å². The quantitative estimate of drug-likeness (QED) is 0.609. The Morgan fingerprint density at radius 3 is 2.14 bits per heavy atom. The van der Waals surface area contributed by atoms with Crippen molar-refractivity contribution in [3.63, 3.8) is 0 Å². The summed E-state index contributed by atoms with van der Waals surface area (Å²) >= 11 is 0. The zero-order valence-electron chi connectivity index (χ0n) is 16.5. The van der Waals surface area contributed by atoms with Crippen LogP contribution in [0.1, 0.15) is 27.7 Å². The summed E-state index contributed by atoms with van der Waals surface area (Å²) in [6.07, 6.45) is -0.909. The van der Waals surface area contributed by atoms with Gasteiger partial charge in [0.1, 0.15) is 0 Å². The molecule has 0 unspecified atom stereocenters. The van der Waals surface area contributed by atoms with Crippen molar-refractivity contribution in [2.75, 3.05) is 10.2 Å². The predicted molar refractivity (Wildman–Crippen MR) is 108 cm³/mol. The van der Waals surface area contributed by atoms with E-state index in [0.717, 1.165) is 0 Å². The van der Waals surface area contributed by atoms with Crippen LogP contribution in [0.25, 0.3) is 0 Å². The lowest BCUT2D eigenvalue weighted by atomic mass is 9.98. The highest BCUT2D eigenvalue weighted by atomic mass is 16.5. The molecule has 0 radical (unpaired) electrons. The highest BCUT2D eigenvalue weighted by Gasteiger charge is 2.56. The monoisotopic (exact) mass is 382 g/mol. The molecule has 0 aromatic heterocycles. The van der Waals surface area contributed by atoms with Crippen LogP contribution in [0.15, 0.2) is 60.7 Å². The van der Waals surface area contributed by atoms with Crippen LogP contribution < -0.4 is 10.2 Å². The third-order valence-corrected chi connectivity index (χ3v) is 4.93. The van der Waals surface area contributed by atoms with Crippen molar-refractivity contribution in [2.24, 2.45) is 0 Å². The van der Waals surface area contributed by atoms with Crippen LogP contribution in [-0.2, 0) is 0 Å². The molecule has 0 spiro atoms. The van der Waals surface area contributed by atoms with Crippen LogP contribution in [0.2, 0.25) is 0 Å². The number of rotatable bonds is 4. The summed E-state index contributed by atoms with van der Waals surface area (Å²) in [5.41, 5.74) is 0.338. The van der Waals surface area contributed by atoms with Crippen molar-refractivity contribution in [3.05, 3.63) is 60.7 Å². The van der Waals surface area contributed by atoms with Gasteiger partial charge in [0.05, 0.1) is 5.54 Å². The Labute approximate surface area is 165 Å². The Morgan fingerprint density at radius 2 is 1.61 bits per heavy atom. The van der Waals surface area contributed by atoms with E-state index in [4.69, 9.17) is 0 Å². The third-order valence-electron chi connectivity index (χ3n) is 4.93. The maximum absolute atomic E-state index is 13.2. The first-order valence-electron chi connectivity index (χ1n) is 9.27. The fraction of sp³-hybridized carbons (Fsp3) is 0.333. The second kappa shape index (κ2) is 7.52. The Morgan fingerprint density at radius 1 is 1.07 bits per heavy atom. The van der Waals surface area contributed by atoms with E-state index >= 15 is 0 Å². The molecule has 0 aliphatic carbocycles. The van der Waals surface area contributed by atoms with Gasteiger partial charge in [-0.1, -0.05) is 36.4 Å². The number of benzene rings is 2. The molecular formula is C21H26N4O3. The first-order valence-corrected chi connectivity index (χ1v) is 9.27. The maximum Gasteiger partial charge on any atom is 0.347 e. The van der Waals surface area contributed by atoms with Crippen molar-refractivity contribution < 1.29 is 14.8 Å². The van der Waals surface area contributed by atoms with E-state index in [2.05, 4.69) is 5.32 Å². The number of carbonyl (C=O) groups is 2. The molecule has 28 heavy (non-hydrogen) atoms. The molecule has 0 bridgehead atoms. The van der Waals surface area contributed by atoms with E-state index in [1.165, 1.54) is 4.90 Å². The Hall–Kier alpha value is -3.06. The van der Waals surface area contributed by atoms with E-state index in [1.807, 2.05) is 52.0 Å². The largest absolute Gasteiger partial charge is 0.347 e. The van der Waals surface area contributed by atoms with Gasteiger partial charge < -0.3 is 10.2 Å². The fourth-order valence-corrected chi connectivity index (χ4v) is 3.86. The molecule has 4 amide bonds. The van der Waals surface area contributed by atoms with E-state index in [-0.39, 0.29) is 12.1 Å². The molecule has 1 heterocycles. The van der Waals surface area contributed by atoms with Gasteiger partial charge in [0.15, 0.2) is 6.17 Å². The first-order chi connectivity index (χ1) is 13.2. The van der Waals surface area contributed by atoms with Gasteiger partial charge in [0.25, 0.3) is 0 Å². The van der Waals surface area contributed by atoms with E-state index in [9.17, 15) is 14.8 Å². The lowest BCUT2D eigenvalue weighted by Crippen LogP contribution is -2.58. The van der Waals surface area contributed by atoms with Crippen molar-refractivity contribution >= 4 is 23.4 Å². The Bertz CT molecular complexity index is 839. The number of carbonyl (C=O) groups excluding carboxylic acids is 2. The van der Waals surface area contributed by atoms with Gasteiger partial charge in [0.2, 0.25) is 0 Å². The number of hydroxylamine groups is 2. The third kappa shape index (κ3) is 3.41. The summed E-state index contributed by atoms with van der Waals surface area (Å²) in [6.45, 7) is 7.52. The molecule has 1 atom stereocenters. The van der Waals surface area contributed by atoms with E-state index in [0.29, 0.717) is 16.4 Å². The second-order valence-corrected chi connectivity index (χ2v) is 7.62. The average molecular weight is 382 g/mol. The van der Waals surface area contributed by atoms with Gasteiger partial charge in [0, 0.05) is 17.4 Å². The van der Waals surface area contributed by atoms with Crippen LogP contribution in [0.3, 0.4) is 0 Å². The number of urea groups is 2. The molecule has 2 aromatic rings. The standard InChI is InChI=1S/C21H26N4O3/c1-15(2)24-20(27)23(17-13-9-6-10-14-17)18(21(24,3)4)25(28)19(26)22-16-11-7-5-8-12-16/h5-15,18,28H,1-4H3,(H,22,26)/t18-/m0/s1. The van der Waals surface area contributed by atoms with Crippen LogP contribution in [0.5, 0.6) is 0 Å². The molecule has 7 nitrogen and oxygen atoms in total. The highest BCUT2D eigenvalue weighted by Crippen LogP contribution is 2.39. The van der Waals surface area contributed by atoms with Crippen molar-refractivity contribution in [3.8, 4) is 0 Å². The molecule has 1 aliphatic heterocycles. The van der Waals surface area contributed by atoms with Gasteiger partial charge >= 0.3 is 12.1 Å². The van der Waals surface area contributed by atoms with Crippen LogP contribution in [-0.4, -0.2) is 45.0 Å². The number of para-hydroxylation sites is 2. The van der Waals surface area contributed by atoms with Gasteiger partial charge in [-0.05, 0) is 52.0 Å². The maximum atomic E-state index is 13.2. The average Bonchev–Trinajstić information content (AvgIpc) is 2.87. The summed E-state index contributed by atoms with van der Waals surface area (Å²) in [5, 5.41) is 14.1. The molecule has 148 valence electrons. The number of hydrogen-bond donors (Lipinski definition) is 2. The zero-order chi connectivity index (χ0) is 20.5. The number of nitrogens with zero attached hydrogens (tertiary/aromatic N) is 3. The van der Waals surface area contributed by atoms with Gasteiger partial charge in [-0.3, -0.25) is 10.1 Å². The molecule has 1 aliphatic rings. The van der Waals surface area contributed by atoms with Gasteiger partial charge in [-0.25, -0.2) is 9.59 Å². The minimum atomic E-state index is -0.909. The van der Waals surface area contributed by atoms with E-state index in [1.54, 1.807) is 41.3 Å². The van der Waals surface area contributed by atoms with Crippen LogP contribution >= 0.6 is 0 Å². The summed E-state index contributed by atoms with van der Waals surface area (Å²) in [6, 6.07) is 16.8. The summed E-state index contributed by atoms with van der Waals surface area (Å²) in [5.74, 6) is 0. The minimum Gasteiger partial charge on any atom is -0.313 e. The minimum absolute atomic E-state index is 0.107. The van der Waals surface area contributed by atoms with Gasteiger partial charge in [-0.2, -0.15) is 5.06 Å². The molecular weight excluding hydrogens is 356 g/mol. The van der Waals surface area contributed by atoms with Crippen molar-refractivity contribution in [1.82, 2.24) is 9.96 Å². The van der Waals surface area contributed by atoms with Crippen molar-refractivity contribution in [1.29, 1.82) is 0 Å². The molecule has 1 fully saturated rings. The molecule has 2 aromatic carbocycles. The summed E-state index contributed by atoms with van der Waals surface area (Å²) in [7, 11) is 0.